The summed E-state index contributed by atoms with van der Waals surface area (Å²) in [5, 5.41) is 0. The molecule has 0 saturated heterocycles. The van der Waals surface area contributed by atoms with E-state index in [9.17, 15) is 4.79 Å². The highest BCUT2D eigenvalue weighted by Crippen LogP contribution is 2.07. The molecule has 24 heavy (non-hydrogen) atoms. The third kappa shape index (κ3) is 7.13. The molecule has 2 aromatic rings. The van der Waals surface area contributed by atoms with Gasteiger partial charge in [0.15, 0.2) is 0 Å². The van der Waals surface area contributed by atoms with Gasteiger partial charge in [-0.05, 0) is 24.1 Å². The third-order valence-electron chi connectivity index (χ3n) is 3.54. The normalized spacial score (nSPS) is 10.0. The molecule has 1 amide bonds. The van der Waals surface area contributed by atoms with Crippen LogP contribution in [0.15, 0.2) is 60.7 Å². The summed E-state index contributed by atoms with van der Waals surface area (Å²) in [6.07, 6.45) is 0.789. The molecule has 130 valence electrons. The Morgan fingerprint density at radius 1 is 0.958 bits per heavy atom. The molecule has 0 aliphatic rings. The molecule has 4 nitrogen and oxygen atoms in total. The summed E-state index contributed by atoms with van der Waals surface area (Å²) in [5.41, 5.74) is 7.76. The van der Waals surface area contributed by atoms with Crippen molar-refractivity contribution in [3.63, 3.8) is 0 Å². The number of amides is 1. The van der Waals surface area contributed by atoms with Crippen LogP contribution in [0.4, 0.5) is 0 Å². The molecule has 0 unspecified atom stereocenters. The summed E-state index contributed by atoms with van der Waals surface area (Å²) in [7, 11) is 0. The van der Waals surface area contributed by atoms with Gasteiger partial charge in [-0.25, -0.2) is 0 Å². The van der Waals surface area contributed by atoms with Crippen molar-refractivity contribution >= 4 is 18.3 Å². The Morgan fingerprint density at radius 3 is 2.12 bits per heavy atom. The predicted molar refractivity (Wildman–Crippen MR) is 98.9 cm³/mol. The maximum atomic E-state index is 12.4. The second kappa shape index (κ2) is 11.6. The van der Waals surface area contributed by atoms with E-state index >= 15 is 0 Å². The fourth-order valence-corrected chi connectivity index (χ4v) is 2.30. The summed E-state index contributed by atoms with van der Waals surface area (Å²) in [6.45, 7) is 2.35. The number of hydrogen-bond acceptors (Lipinski definition) is 3. The van der Waals surface area contributed by atoms with Gasteiger partial charge in [-0.15, -0.1) is 12.4 Å². The first-order valence-electron chi connectivity index (χ1n) is 7.93. The summed E-state index contributed by atoms with van der Waals surface area (Å²) in [5.74, 6) is -0.00164. The van der Waals surface area contributed by atoms with E-state index in [0.717, 1.165) is 17.5 Å². The molecule has 0 bridgehead atoms. The van der Waals surface area contributed by atoms with Crippen molar-refractivity contribution in [2.45, 2.75) is 19.6 Å². The summed E-state index contributed by atoms with van der Waals surface area (Å²) < 4.78 is 5.56. The lowest BCUT2D eigenvalue weighted by Gasteiger charge is -2.22. The molecule has 0 radical (unpaired) electrons. The van der Waals surface area contributed by atoms with Gasteiger partial charge in [-0.2, -0.15) is 0 Å². The van der Waals surface area contributed by atoms with Crippen LogP contribution < -0.4 is 5.73 Å². The number of halogens is 1. The highest BCUT2D eigenvalue weighted by atomic mass is 35.5. The van der Waals surface area contributed by atoms with Gasteiger partial charge in [0.25, 0.3) is 0 Å². The van der Waals surface area contributed by atoms with E-state index < -0.39 is 0 Å². The van der Waals surface area contributed by atoms with E-state index in [1.54, 1.807) is 0 Å². The van der Waals surface area contributed by atoms with Crippen LogP contribution in [0.5, 0.6) is 0 Å². The van der Waals surface area contributed by atoms with E-state index in [2.05, 4.69) is 0 Å². The Balaban J connectivity index is 0.00000288. The Bertz CT molecular complexity index is 578. The molecular formula is C19H25ClN2O2. The highest BCUT2D eigenvalue weighted by molar-refractivity contribution is 5.85. The minimum absolute atomic E-state index is 0. The molecule has 0 fully saturated rings. The molecule has 0 heterocycles. The minimum atomic E-state index is -0.00164. The number of hydrogen-bond donors (Lipinski definition) is 1. The van der Waals surface area contributed by atoms with Crippen LogP contribution in [0.25, 0.3) is 0 Å². The summed E-state index contributed by atoms with van der Waals surface area (Å²) >= 11 is 0. The van der Waals surface area contributed by atoms with Crippen molar-refractivity contribution in [1.29, 1.82) is 0 Å². The van der Waals surface area contributed by atoms with Crippen LogP contribution in [0.1, 0.15) is 17.5 Å². The first-order chi connectivity index (χ1) is 11.3. The lowest BCUT2D eigenvalue weighted by atomic mass is 10.2. The minimum Gasteiger partial charge on any atom is -0.367 e. The van der Waals surface area contributed by atoms with E-state index in [1.165, 1.54) is 0 Å². The van der Waals surface area contributed by atoms with Crippen molar-refractivity contribution in [3.05, 3.63) is 71.8 Å². The van der Waals surface area contributed by atoms with Crippen molar-refractivity contribution in [2.75, 3.05) is 19.7 Å². The van der Waals surface area contributed by atoms with E-state index in [4.69, 9.17) is 10.5 Å². The number of carbonyl (C=O) groups is 1. The van der Waals surface area contributed by atoms with E-state index in [0.29, 0.717) is 26.2 Å². The predicted octanol–water partition coefficient (Wildman–Crippen LogP) is 3.00. The molecule has 2 aromatic carbocycles. The second-order valence-electron chi connectivity index (χ2n) is 5.42. The fraction of sp³-hybridized carbons (Fsp3) is 0.316. The van der Waals surface area contributed by atoms with E-state index in [-0.39, 0.29) is 24.9 Å². The largest absolute Gasteiger partial charge is 0.367 e. The number of ether oxygens (including phenoxy) is 1. The molecule has 2 N–H and O–H groups in total. The Hall–Kier alpha value is -1.88. The average molecular weight is 349 g/mol. The number of rotatable bonds is 9. The van der Waals surface area contributed by atoms with Crippen molar-refractivity contribution in [3.8, 4) is 0 Å². The first-order valence-corrected chi connectivity index (χ1v) is 7.93. The van der Waals surface area contributed by atoms with Crippen LogP contribution in [0.2, 0.25) is 0 Å². The topological polar surface area (TPSA) is 55.6 Å². The van der Waals surface area contributed by atoms with Crippen molar-refractivity contribution in [1.82, 2.24) is 4.90 Å². The van der Waals surface area contributed by atoms with Crippen molar-refractivity contribution in [2.24, 2.45) is 5.73 Å². The number of nitrogens with two attached hydrogens (primary N) is 1. The molecule has 0 aliphatic carbocycles. The van der Waals surface area contributed by atoms with Crippen LogP contribution in [0, 0.1) is 0 Å². The van der Waals surface area contributed by atoms with Gasteiger partial charge < -0.3 is 15.4 Å². The Morgan fingerprint density at radius 2 is 1.54 bits per heavy atom. The Kier molecular flexibility index (Phi) is 9.77. The van der Waals surface area contributed by atoms with Crippen LogP contribution >= 0.6 is 12.4 Å². The second-order valence-corrected chi connectivity index (χ2v) is 5.42. The van der Waals surface area contributed by atoms with Gasteiger partial charge in [0, 0.05) is 13.1 Å². The quantitative estimate of drug-likeness (QED) is 0.758. The lowest BCUT2D eigenvalue weighted by molar-refractivity contribution is -0.137. The SMILES string of the molecule is Cl.NCCCN(Cc1ccccc1)C(=O)COCc1ccccc1. The summed E-state index contributed by atoms with van der Waals surface area (Å²) in [6, 6.07) is 19.8. The molecule has 0 aliphatic heterocycles. The fourth-order valence-electron chi connectivity index (χ4n) is 2.30. The van der Waals surface area contributed by atoms with Gasteiger partial charge in [0.05, 0.1) is 6.61 Å². The zero-order chi connectivity index (χ0) is 16.3. The zero-order valence-corrected chi connectivity index (χ0v) is 14.6. The smallest absolute Gasteiger partial charge is 0.248 e. The maximum absolute atomic E-state index is 12.4. The highest BCUT2D eigenvalue weighted by Gasteiger charge is 2.13. The van der Waals surface area contributed by atoms with Gasteiger partial charge >= 0.3 is 0 Å². The molecule has 0 atom stereocenters. The van der Waals surface area contributed by atoms with Crippen molar-refractivity contribution < 1.29 is 9.53 Å². The first kappa shape index (κ1) is 20.2. The van der Waals surface area contributed by atoms with Crippen LogP contribution in [0.3, 0.4) is 0 Å². The van der Waals surface area contributed by atoms with Crippen LogP contribution in [-0.4, -0.2) is 30.5 Å². The molecule has 2 rings (SSSR count). The van der Waals surface area contributed by atoms with Gasteiger partial charge in [-0.1, -0.05) is 60.7 Å². The molecule has 0 aromatic heterocycles. The molecule has 0 spiro atoms. The third-order valence-corrected chi connectivity index (χ3v) is 3.54. The maximum Gasteiger partial charge on any atom is 0.248 e. The lowest BCUT2D eigenvalue weighted by Crippen LogP contribution is -2.35. The molecule has 5 heteroatoms. The van der Waals surface area contributed by atoms with Gasteiger partial charge in [-0.3, -0.25) is 4.79 Å². The Labute approximate surface area is 150 Å². The molecule has 0 saturated carbocycles. The number of carbonyl (C=O) groups excluding carboxylic acids is 1. The van der Waals surface area contributed by atoms with E-state index in [1.807, 2.05) is 65.6 Å². The zero-order valence-electron chi connectivity index (χ0n) is 13.8. The number of benzene rings is 2. The van der Waals surface area contributed by atoms with Gasteiger partial charge in [0.1, 0.15) is 6.61 Å². The molecular weight excluding hydrogens is 324 g/mol. The number of nitrogens with zero attached hydrogens (tertiary/aromatic N) is 1. The van der Waals surface area contributed by atoms with Gasteiger partial charge in [0.2, 0.25) is 5.91 Å². The van der Waals surface area contributed by atoms with Crippen LogP contribution in [-0.2, 0) is 22.7 Å². The monoisotopic (exact) mass is 348 g/mol. The summed E-state index contributed by atoms with van der Waals surface area (Å²) in [4.78, 5) is 14.2. The average Bonchev–Trinajstić information content (AvgIpc) is 2.60. The standard InChI is InChI=1S/C19H24N2O2.ClH/c20-12-7-13-21(14-17-8-3-1-4-9-17)19(22)16-23-15-18-10-5-2-6-11-18;/h1-6,8-11H,7,12-16,20H2;1H.